The quantitative estimate of drug-likeness (QED) is 0.781. The van der Waals surface area contributed by atoms with Crippen molar-refractivity contribution in [2.75, 3.05) is 0 Å². The van der Waals surface area contributed by atoms with Crippen LogP contribution in [0, 0.1) is 5.92 Å². The summed E-state index contributed by atoms with van der Waals surface area (Å²) in [6, 6.07) is 7.78. The monoisotopic (exact) mass is 331 g/mol. The van der Waals surface area contributed by atoms with Crippen LogP contribution in [-0.4, -0.2) is 41.2 Å². The molecule has 7 heteroatoms. The van der Waals surface area contributed by atoms with E-state index in [1.165, 1.54) is 0 Å². The van der Waals surface area contributed by atoms with Crippen molar-refractivity contribution in [1.82, 2.24) is 5.32 Å². The second-order valence-electron chi connectivity index (χ2n) is 5.70. The first kappa shape index (κ1) is 16.2. The van der Waals surface area contributed by atoms with Crippen LogP contribution in [-0.2, 0) is 19.1 Å². The van der Waals surface area contributed by atoms with E-state index in [0.29, 0.717) is 12.0 Å². The highest BCUT2D eigenvalue weighted by atomic mass is 16.6. The van der Waals surface area contributed by atoms with Gasteiger partial charge in [-0.05, 0) is 18.6 Å². The van der Waals surface area contributed by atoms with Crippen molar-refractivity contribution in [3.05, 3.63) is 47.7 Å². The Morgan fingerprint density at radius 2 is 2.04 bits per heavy atom. The number of benzene rings is 1. The van der Waals surface area contributed by atoms with Crippen LogP contribution in [0.1, 0.15) is 23.7 Å². The predicted octanol–water partition coefficient (Wildman–Crippen LogP) is 0.538. The Labute approximate surface area is 138 Å². The average Bonchev–Trinajstić information content (AvgIpc) is 2.93. The number of hydrogen-bond donors (Lipinski definition) is 2. The minimum atomic E-state index is -1.47. The Kier molecular flexibility index (Phi) is 4.35. The largest absolute Gasteiger partial charge is 0.457 e. The van der Waals surface area contributed by atoms with Crippen molar-refractivity contribution in [2.24, 2.45) is 5.92 Å². The molecule has 2 N–H and O–H groups in total. The molecule has 0 aliphatic carbocycles. The summed E-state index contributed by atoms with van der Waals surface area (Å²) < 4.78 is 10.2. The molecule has 126 valence electrons. The van der Waals surface area contributed by atoms with Crippen molar-refractivity contribution >= 4 is 17.8 Å². The molecule has 3 rings (SSSR count). The van der Waals surface area contributed by atoms with Gasteiger partial charge in [-0.1, -0.05) is 25.1 Å². The van der Waals surface area contributed by atoms with Crippen molar-refractivity contribution in [3.63, 3.8) is 0 Å². The average molecular weight is 331 g/mol. The molecule has 0 aromatic heterocycles. The van der Waals surface area contributed by atoms with E-state index in [-0.39, 0.29) is 5.57 Å². The van der Waals surface area contributed by atoms with Gasteiger partial charge in [-0.25, -0.2) is 9.59 Å². The Morgan fingerprint density at radius 1 is 1.33 bits per heavy atom. The van der Waals surface area contributed by atoms with Crippen molar-refractivity contribution in [1.29, 1.82) is 0 Å². The lowest BCUT2D eigenvalue weighted by atomic mass is 9.86. The zero-order chi connectivity index (χ0) is 17.3. The van der Waals surface area contributed by atoms with Gasteiger partial charge in [-0.3, -0.25) is 4.79 Å². The number of cyclic esters (lactones) is 1. The summed E-state index contributed by atoms with van der Waals surface area (Å²) in [5.41, 5.74) is 0.570. The number of carbonyl (C=O) groups is 3. The minimum absolute atomic E-state index is 0.182. The number of esters is 2. The van der Waals surface area contributed by atoms with Gasteiger partial charge < -0.3 is 19.9 Å². The van der Waals surface area contributed by atoms with Gasteiger partial charge in [0, 0.05) is 0 Å². The van der Waals surface area contributed by atoms with Crippen LogP contribution in [0.25, 0.3) is 0 Å². The van der Waals surface area contributed by atoms with Crippen LogP contribution in [0.3, 0.4) is 0 Å². The Balaban J connectivity index is 1.82. The van der Waals surface area contributed by atoms with E-state index in [2.05, 4.69) is 10.1 Å². The fraction of sp³-hybridized carbons (Fsp3) is 0.353. The third kappa shape index (κ3) is 2.78. The zero-order valence-electron chi connectivity index (χ0n) is 13.0. The third-order valence-electron chi connectivity index (χ3n) is 4.26. The maximum Gasteiger partial charge on any atom is 0.340 e. The molecule has 24 heavy (non-hydrogen) atoms. The Hall–Kier alpha value is -2.67. The smallest absolute Gasteiger partial charge is 0.340 e. The minimum Gasteiger partial charge on any atom is -0.457 e. The first-order valence-corrected chi connectivity index (χ1v) is 7.68. The number of carbonyl (C=O) groups excluding carboxylic acids is 3. The van der Waals surface area contributed by atoms with Gasteiger partial charge in [0.2, 0.25) is 0 Å². The molecular weight excluding hydrogens is 314 g/mol. The fourth-order valence-electron chi connectivity index (χ4n) is 3.02. The summed E-state index contributed by atoms with van der Waals surface area (Å²) in [6.07, 6.45) is -0.688. The summed E-state index contributed by atoms with van der Waals surface area (Å²) in [4.78, 5) is 35.9. The van der Waals surface area contributed by atoms with Crippen LogP contribution in [0.5, 0.6) is 0 Å². The van der Waals surface area contributed by atoms with E-state index in [4.69, 9.17) is 4.74 Å². The Bertz CT molecular complexity index is 698. The van der Waals surface area contributed by atoms with Crippen LogP contribution >= 0.6 is 0 Å². The number of amides is 1. The molecule has 1 fully saturated rings. The highest BCUT2D eigenvalue weighted by molar-refractivity contribution is 5.99. The van der Waals surface area contributed by atoms with Gasteiger partial charge in [0.1, 0.15) is 12.4 Å². The molecule has 0 radical (unpaired) electrons. The summed E-state index contributed by atoms with van der Waals surface area (Å²) in [5.74, 6) is -2.59. The van der Waals surface area contributed by atoms with Gasteiger partial charge in [0.05, 0.1) is 23.1 Å². The topological polar surface area (TPSA) is 102 Å². The zero-order valence-corrected chi connectivity index (χ0v) is 13.0. The van der Waals surface area contributed by atoms with Crippen molar-refractivity contribution in [2.45, 2.75) is 31.6 Å². The number of aliphatic hydroxyl groups excluding tert-OH is 1. The normalized spacial score (nSPS) is 26.8. The summed E-state index contributed by atoms with van der Waals surface area (Å²) in [7, 11) is 0. The number of ether oxygens (including phenoxy) is 2. The molecule has 0 spiro atoms. The van der Waals surface area contributed by atoms with Crippen LogP contribution < -0.4 is 5.32 Å². The van der Waals surface area contributed by atoms with E-state index < -0.39 is 42.0 Å². The lowest BCUT2D eigenvalue weighted by Crippen LogP contribution is -2.48. The van der Waals surface area contributed by atoms with Gasteiger partial charge in [-0.2, -0.15) is 0 Å². The molecule has 7 nitrogen and oxygen atoms in total. The molecule has 2 aliphatic rings. The number of rotatable bonds is 4. The van der Waals surface area contributed by atoms with Gasteiger partial charge in [0.25, 0.3) is 5.91 Å². The standard InChI is InChI=1S/C17H17NO6/c1-2-11(24-16(21)9-6-4-3-5-7-9)13-12-10(15(20)18-13)8-23-17(22)14(12)19/h3-8,11-14,19H,2H2,1H3,(H,18,20)/t11-,12+,13-,14?/m1/s1. The molecule has 1 aromatic rings. The van der Waals surface area contributed by atoms with Crippen molar-refractivity contribution in [3.8, 4) is 0 Å². The molecule has 1 amide bonds. The molecule has 2 aliphatic heterocycles. The fourth-order valence-corrected chi connectivity index (χ4v) is 3.02. The van der Waals surface area contributed by atoms with E-state index in [1.54, 1.807) is 37.3 Å². The van der Waals surface area contributed by atoms with Crippen molar-refractivity contribution < 1.29 is 29.0 Å². The number of aliphatic hydroxyl groups is 1. The molecule has 1 unspecified atom stereocenters. The number of fused-ring (bicyclic) bond motifs is 1. The van der Waals surface area contributed by atoms with Crippen LogP contribution in [0.2, 0.25) is 0 Å². The van der Waals surface area contributed by atoms with Crippen LogP contribution in [0.15, 0.2) is 42.2 Å². The highest BCUT2D eigenvalue weighted by Crippen LogP contribution is 2.33. The number of nitrogens with one attached hydrogen (secondary N) is 1. The summed E-state index contributed by atoms with van der Waals surface area (Å²) in [6.45, 7) is 1.80. The maximum atomic E-state index is 12.3. The van der Waals surface area contributed by atoms with E-state index in [0.717, 1.165) is 6.26 Å². The molecule has 4 atom stereocenters. The van der Waals surface area contributed by atoms with Gasteiger partial charge in [0.15, 0.2) is 6.10 Å². The number of hydrogen-bond acceptors (Lipinski definition) is 6. The van der Waals surface area contributed by atoms with E-state index in [9.17, 15) is 19.5 Å². The highest BCUT2D eigenvalue weighted by Gasteiger charge is 2.51. The lowest BCUT2D eigenvalue weighted by molar-refractivity contribution is -0.152. The Morgan fingerprint density at radius 3 is 2.71 bits per heavy atom. The summed E-state index contributed by atoms with van der Waals surface area (Å²) >= 11 is 0. The first-order chi connectivity index (χ1) is 11.5. The summed E-state index contributed by atoms with van der Waals surface area (Å²) in [5, 5.41) is 12.8. The van der Waals surface area contributed by atoms with E-state index in [1.807, 2.05) is 0 Å². The third-order valence-corrected chi connectivity index (χ3v) is 4.26. The molecular formula is C17H17NO6. The first-order valence-electron chi connectivity index (χ1n) is 7.68. The molecule has 0 bridgehead atoms. The predicted molar refractivity (Wildman–Crippen MR) is 81.5 cm³/mol. The van der Waals surface area contributed by atoms with E-state index >= 15 is 0 Å². The second kappa shape index (κ2) is 6.45. The maximum absolute atomic E-state index is 12.3. The van der Waals surface area contributed by atoms with Crippen LogP contribution in [0.4, 0.5) is 0 Å². The molecule has 0 saturated carbocycles. The van der Waals surface area contributed by atoms with Gasteiger partial charge in [-0.15, -0.1) is 0 Å². The SMILES string of the molecule is CC[C@@H](OC(=O)c1ccccc1)[C@H]1NC(=O)C2=COC(=O)C(O)[C@@H]21. The lowest BCUT2D eigenvalue weighted by Gasteiger charge is -2.30. The van der Waals surface area contributed by atoms with Gasteiger partial charge >= 0.3 is 11.9 Å². The second-order valence-corrected chi connectivity index (χ2v) is 5.70. The molecule has 1 aromatic carbocycles. The molecule has 2 heterocycles. The molecule has 1 saturated heterocycles.